The van der Waals surface area contributed by atoms with E-state index in [1.165, 1.54) is 16.8 Å². The summed E-state index contributed by atoms with van der Waals surface area (Å²) in [5, 5.41) is 11.3. The molecule has 1 aliphatic rings. The van der Waals surface area contributed by atoms with Gasteiger partial charge in [-0.3, -0.25) is 9.59 Å². The summed E-state index contributed by atoms with van der Waals surface area (Å²) in [4.78, 5) is 37.2. The Morgan fingerprint density at radius 3 is 2.75 bits per heavy atom. The van der Waals surface area contributed by atoms with Gasteiger partial charge in [-0.2, -0.15) is 0 Å². The molecule has 0 aromatic rings. The van der Waals surface area contributed by atoms with Gasteiger partial charge in [-0.05, 0) is 0 Å². The number of nitrogens with zero attached hydrogens (tertiary/aromatic N) is 2. The molecule has 0 aromatic carbocycles. The fourth-order valence-corrected chi connectivity index (χ4v) is 1.99. The van der Waals surface area contributed by atoms with Gasteiger partial charge in [-0.15, -0.1) is 0 Å². The number of carbonyl (C=O) groups is 3. The molecule has 1 rings (SSSR count). The zero-order chi connectivity index (χ0) is 15.1. The molecule has 2 N–H and O–H groups in total. The number of carbonyl (C=O) groups excluding carboxylic acids is 2. The van der Waals surface area contributed by atoms with Crippen LogP contribution in [0.1, 0.15) is 12.8 Å². The van der Waals surface area contributed by atoms with Crippen LogP contribution >= 0.6 is 0 Å². The lowest BCUT2D eigenvalue weighted by molar-refractivity contribution is -0.139. The zero-order valence-electron chi connectivity index (χ0n) is 11.8. The fraction of sp³-hybridized carbons (Fsp3) is 0.750. The SMILES string of the molecule is CNC(=O)CCN(C)C(=O)N1CCOCC1CC(=O)O. The number of ether oxygens (including phenoxy) is 1. The van der Waals surface area contributed by atoms with E-state index in [4.69, 9.17) is 9.84 Å². The molecular weight excluding hydrogens is 266 g/mol. The van der Waals surface area contributed by atoms with Gasteiger partial charge in [0.15, 0.2) is 0 Å². The highest BCUT2D eigenvalue weighted by atomic mass is 16.5. The van der Waals surface area contributed by atoms with Crippen LogP contribution in [0.5, 0.6) is 0 Å². The van der Waals surface area contributed by atoms with Gasteiger partial charge >= 0.3 is 12.0 Å². The molecule has 0 radical (unpaired) electrons. The van der Waals surface area contributed by atoms with Gasteiger partial charge in [0.05, 0.1) is 25.7 Å². The Kier molecular flexibility index (Phi) is 6.23. The molecule has 0 aromatic heterocycles. The minimum atomic E-state index is -0.966. The highest BCUT2D eigenvalue weighted by Crippen LogP contribution is 2.13. The molecule has 114 valence electrons. The summed E-state index contributed by atoms with van der Waals surface area (Å²) < 4.78 is 5.22. The third-order valence-electron chi connectivity index (χ3n) is 3.16. The van der Waals surface area contributed by atoms with Crippen molar-refractivity contribution in [1.29, 1.82) is 0 Å². The molecule has 1 heterocycles. The van der Waals surface area contributed by atoms with Crippen LogP contribution in [0, 0.1) is 0 Å². The van der Waals surface area contributed by atoms with Crippen LogP contribution in [0.25, 0.3) is 0 Å². The number of morpholine rings is 1. The molecule has 0 spiro atoms. The molecule has 1 saturated heterocycles. The van der Waals surface area contributed by atoms with E-state index in [-0.39, 0.29) is 37.9 Å². The van der Waals surface area contributed by atoms with E-state index in [2.05, 4.69) is 5.32 Å². The van der Waals surface area contributed by atoms with Crippen molar-refractivity contribution < 1.29 is 24.2 Å². The van der Waals surface area contributed by atoms with Gasteiger partial charge in [0, 0.05) is 33.6 Å². The first-order valence-electron chi connectivity index (χ1n) is 6.47. The minimum Gasteiger partial charge on any atom is -0.481 e. The lowest BCUT2D eigenvalue weighted by atomic mass is 10.1. The molecule has 20 heavy (non-hydrogen) atoms. The third kappa shape index (κ3) is 4.69. The number of urea groups is 1. The Bertz CT molecular complexity index is 374. The second-order valence-corrected chi connectivity index (χ2v) is 4.65. The van der Waals surface area contributed by atoms with Gasteiger partial charge in [0.1, 0.15) is 0 Å². The van der Waals surface area contributed by atoms with Crippen molar-refractivity contribution in [3.05, 3.63) is 0 Å². The topological polar surface area (TPSA) is 99.2 Å². The van der Waals surface area contributed by atoms with Crippen molar-refractivity contribution in [2.45, 2.75) is 18.9 Å². The predicted molar refractivity (Wildman–Crippen MR) is 70.3 cm³/mol. The number of rotatable bonds is 5. The van der Waals surface area contributed by atoms with Crippen molar-refractivity contribution in [2.24, 2.45) is 0 Å². The summed E-state index contributed by atoms with van der Waals surface area (Å²) >= 11 is 0. The quantitative estimate of drug-likeness (QED) is 0.700. The van der Waals surface area contributed by atoms with Crippen LogP contribution in [-0.4, -0.2) is 79.3 Å². The smallest absolute Gasteiger partial charge is 0.320 e. The van der Waals surface area contributed by atoms with Crippen molar-refractivity contribution in [1.82, 2.24) is 15.1 Å². The third-order valence-corrected chi connectivity index (χ3v) is 3.16. The molecular formula is C12H21N3O5. The minimum absolute atomic E-state index is 0.144. The van der Waals surface area contributed by atoms with Crippen LogP contribution in [0.2, 0.25) is 0 Å². The maximum absolute atomic E-state index is 12.3. The maximum Gasteiger partial charge on any atom is 0.320 e. The maximum atomic E-state index is 12.3. The number of nitrogens with one attached hydrogen (secondary N) is 1. The average molecular weight is 287 g/mol. The van der Waals surface area contributed by atoms with E-state index in [1.807, 2.05) is 0 Å². The first kappa shape index (κ1) is 16.2. The molecule has 1 fully saturated rings. The van der Waals surface area contributed by atoms with E-state index >= 15 is 0 Å². The van der Waals surface area contributed by atoms with Crippen LogP contribution in [0.4, 0.5) is 4.79 Å². The number of carboxylic acids is 1. The summed E-state index contributed by atoms with van der Waals surface area (Å²) in [6, 6.07) is -0.736. The van der Waals surface area contributed by atoms with E-state index in [0.29, 0.717) is 13.2 Å². The van der Waals surface area contributed by atoms with E-state index < -0.39 is 12.0 Å². The Morgan fingerprint density at radius 2 is 2.15 bits per heavy atom. The summed E-state index contributed by atoms with van der Waals surface area (Å²) in [5.74, 6) is -1.11. The first-order valence-corrected chi connectivity index (χ1v) is 6.47. The molecule has 3 amide bonds. The molecule has 1 atom stereocenters. The van der Waals surface area contributed by atoms with Gasteiger partial charge in [-0.25, -0.2) is 4.79 Å². The fourth-order valence-electron chi connectivity index (χ4n) is 1.99. The summed E-state index contributed by atoms with van der Waals surface area (Å²) in [6.45, 7) is 1.27. The normalized spacial score (nSPS) is 18.5. The number of hydrogen-bond donors (Lipinski definition) is 2. The molecule has 0 bridgehead atoms. The monoisotopic (exact) mass is 287 g/mol. The molecule has 1 unspecified atom stereocenters. The first-order chi connectivity index (χ1) is 9.45. The highest BCUT2D eigenvalue weighted by Gasteiger charge is 2.30. The van der Waals surface area contributed by atoms with Gasteiger partial charge in [0.25, 0.3) is 0 Å². The Morgan fingerprint density at radius 1 is 1.45 bits per heavy atom. The lowest BCUT2D eigenvalue weighted by Gasteiger charge is -2.37. The standard InChI is InChI=1S/C12H21N3O5/c1-13-10(16)3-4-14(2)12(19)15-5-6-20-8-9(15)7-11(17)18/h9H,3-8H2,1-2H3,(H,13,16)(H,17,18). The highest BCUT2D eigenvalue weighted by molar-refractivity contribution is 5.78. The van der Waals surface area contributed by atoms with Crippen molar-refractivity contribution >= 4 is 17.9 Å². The Labute approximate surface area is 117 Å². The van der Waals surface area contributed by atoms with Crippen LogP contribution in [-0.2, 0) is 14.3 Å². The van der Waals surface area contributed by atoms with Crippen LogP contribution in [0.15, 0.2) is 0 Å². The van der Waals surface area contributed by atoms with Crippen LogP contribution in [0.3, 0.4) is 0 Å². The lowest BCUT2D eigenvalue weighted by Crippen LogP contribution is -2.53. The Balaban J connectivity index is 2.57. The van der Waals surface area contributed by atoms with E-state index in [1.54, 1.807) is 7.05 Å². The number of hydrogen-bond acceptors (Lipinski definition) is 4. The summed E-state index contributed by atoms with van der Waals surface area (Å²) in [6.07, 6.45) is 0.0711. The van der Waals surface area contributed by atoms with Crippen molar-refractivity contribution in [2.75, 3.05) is 40.4 Å². The second kappa shape index (κ2) is 7.68. The van der Waals surface area contributed by atoms with E-state index in [0.717, 1.165) is 0 Å². The molecule has 0 aliphatic carbocycles. The molecule has 8 nitrogen and oxygen atoms in total. The molecule has 1 aliphatic heterocycles. The summed E-state index contributed by atoms with van der Waals surface area (Å²) in [7, 11) is 3.13. The van der Waals surface area contributed by atoms with Gasteiger partial charge < -0.3 is 25.0 Å². The predicted octanol–water partition coefficient (Wildman–Crippen LogP) is -0.650. The molecule has 0 saturated carbocycles. The van der Waals surface area contributed by atoms with Gasteiger partial charge in [-0.1, -0.05) is 0 Å². The Hall–Kier alpha value is -1.83. The largest absolute Gasteiger partial charge is 0.481 e. The second-order valence-electron chi connectivity index (χ2n) is 4.65. The van der Waals surface area contributed by atoms with E-state index in [9.17, 15) is 14.4 Å². The van der Waals surface area contributed by atoms with Crippen molar-refractivity contribution in [3.63, 3.8) is 0 Å². The zero-order valence-corrected chi connectivity index (χ0v) is 11.8. The molecule has 8 heteroatoms. The number of amides is 3. The number of carboxylic acid groups (broad SMARTS) is 1. The number of aliphatic carboxylic acids is 1. The van der Waals surface area contributed by atoms with Crippen LogP contribution < -0.4 is 5.32 Å². The average Bonchev–Trinajstić information content (AvgIpc) is 2.43. The van der Waals surface area contributed by atoms with Crippen molar-refractivity contribution in [3.8, 4) is 0 Å². The summed E-state index contributed by atoms with van der Waals surface area (Å²) in [5.41, 5.74) is 0. The van der Waals surface area contributed by atoms with Gasteiger partial charge in [0.2, 0.25) is 5.91 Å².